The number of nitrogens with one attached hydrogen (secondary N) is 2. The molecule has 0 aromatic heterocycles. The van der Waals surface area contributed by atoms with E-state index in [2.05, 4.69) is 38.3 Å². The van der Waals surface area contributed by atoms with Gasteiger partial charge in [0.1, 0.15) is 0 Å². The summed E-state index contributed by atoms with van der Waals surface area (Å²) in [6.45, 7) is 13.0. The van der Waals surface area contributed by atoms with Gasteiger partial charge in [0.25, 0.3) is 0 Å². The second kappa shape index (κ2) is 8.08. The van der Waals surface area contributed by atoms with Crippen molar-refractivity contribution in [2.75, 3.05) is 33.3 Å². The Morgan fingerprint density at radius 2 is 1.67 bits per heavy atom. The van der Waals surface area contributed by atoms with Gasteiger partial charge in [0, 0.05) is 26.7 Å². The Hall–Kier alpha value is -0.120. The summed E-state index contributed by atoms with van der Waals surface area (Å²) in [4.78, 5) is 0. The second-order valence-electron chi connectivity index (χ2n) is 5.31. The zero-order valence-electron chi connectivity index (χ0n) is 11.0. The summed E-state index contributed by atoms with van der Waals surface area (Å²) in [6, 6.07) is 0. The molecule has 1 unspecified atom stereocenters. The largest absolute Gasteiger partial charge is 0.380 e. The molecule has 0 spiro atoms. The molecule has 0 radical (unpaired) electrons. The summed E-state index contributed by atoms with van der Waals surface area (Å²) >= 11 is 0. The van der Waals surface area contributed by atoms with Crippen LogP contribution in [-0.4, -0.2) is 39.4 Å². The molecule has 0 rings (SSSR count). The Morgan fingerprint density at radius 1 is 1.07 bits per heavy atom. The fraction of sp³-hybridized carbons (Fsp3) is 1.00. The smallest absolute Gasteiger partial charge is 0.0667 e. The third-order valence-electron chi connectivity index (χ3n) is 2.36. The van der Waals surface area contributed by atoms with E-state index in [1.807, 2.05) is 0 Å². The molecule has 0 aliphatic heterocycles. The van der Waals surface area contributed by atoms with Crippen molar-refractivity contribution in [1.82, 2.24) is 10.6 Å². The van der Waals surface area contributed by atoms with E-state index in [0.717, 1.165) is 26.2 Å². The molecule has 0 fully saturated rings. The van der Waals surface area contributed by atoms with Gasteiger partial charge in [-0.05, 0) is 25.3 Å². The molecular formula is C12H28N2O. The van der Waals surface area contributed by atoms with Gasteiger partial charge in [0.2, 0.25) is 0 Å². The highest BCUT2D eigenvalue weighted by Gasteiger charge is 2.08. The molecule has 0 aliphatic rings. The molecule has 0 aromatic carbocycles. The van der Waals surface area contributed by atoms with Gasteiger partial charge < -0.3 is 15.4 Å². The number of rotatable bonds is 8. The predicted octanol–water partition coefficient (Wildman–Crippen LogP) is 1.64. The van der Waals surface area contributed by atoms with E-state index in [1.165, 1.54) is 6.42 Å². The van der Waals surface area contributed by atoms with Gasteiger partial charge in [-0.3, -0.25) is 0 Å². The first-order valence-electron chi connectivity index (χ1n) is 5.90. The molecule has 0 aromatic rings. The Bertz CT molecular complexity index is 143. The third kappa shape index (κ3) is 11.8. The Morgan fingerprint density at radius 3 is 2.20 bits per heavy atom. The summed E-state index contributed by atoms with van der Waals surface area (Å²) in [5.41, 5.74) is 0.436. The van der Waals surface area contributed by atoms with Crippen LogP contribution in [0, 0.1) is 5.41 Å². The molecule has 0 aliphatic carbocycles. The van der Waals surface area contributed by atoms with Gasteiger partial charge in [-0.2, -0.15) is 0 Å². The van der Waals surface area contributed by atoms with E-state index >= 15 is 0 Å². The van der Waals surface area contributed by atoms with E-state index in [1.54, 1.807) is 7.11 Å². The van der Waals surface area contributed by atoms with Crippen molar-refractivity contribution >= 4 is 0 Å². The molecule has 0 bridgehead atoms. The minimum atomic E-state index is 0.305. The molecular weight excluding hydrogens is 188 g/mol. The fourth-order valence-corrected chi connectivity index (χ4v) is 1.15. The van der Waals surface area contributed by atoms with E-state index in [-0.39, 0.29) is 0 Å². The van der Waals surface area contributed by atoms with E-state index in [0.29, 0.717) is 11.5 Å². The molecule has 0 amide bonds. The van der Waals surface area contributed by atoms with Crippen molar-refractivity contribution < 1.29 is 4.74 Å². The zero-order chi connectivity index (χ0) is 11.7. The van der Waals surface area contributed by atoms with Gasteiger partial charge in [0.05, 0.1) is 6.10 Å². The first-order chi connectivity index (χ1) is 6.95. The van der Waals surface area contributed by atoms with Gasteiger partial charge in [-0.15, -0.1) is 0 Å². The minimum absolute atomic E-state index is 0.305. The monoisotopic (exact) mass is 216 g/mol. The lowest BCUT2D eigenvalue weighted by atomic mass is 9.92. The number of hydrogen-bond donors (Lipinski definition) is 2. The molecule has 3 heteroatoms. The highest BCUT2D eigenvalue weighted by atomic mass is 16.5. The summed E-state index contributed by atoms with van der Waals surface area (Å²) in [6.07, 6.45) is 1.53. The van der Waals surface area contributed by atoms with E-state index in [9.17, 15) is 0 Å². The summed E-state index contributed by atoms with van der Waals surface area (Å²) < 4.78 is 5.14. The average molecular weight is 216 g/mol. The van der Waals surface area contributed by atoms with Crippen LogP contribution in [0.1, 0.15) is 34.1 Å². The van der Waals surface area contributed by atoms with Crippen molar-refractivity contribution in [3.05, 3.63) is 0 Å². The van der Waals surface area contributed by atoms with Crippen molar-refractivity contribution in [2.24, 2.45) is 5.41 Å². The van der Waals surface area contributed by atoms with Crippen LogP contribution in [-0.2, 0) is 4.74 Å². The van der Waals surface area contributed by atoms with Crippen molar-refractivity contribution in [3.63, 3.8) is 0 Å². The maximum absolute atomic E-state index is 5.14. The standard InChI is InChI=1S/C12H28N2O/c1-11(15-5)10-14-9-8-13-7-6-12(2,3)4/h11,13-14H,6-10H2,1-5H3. The van der Waals surface area contributed by atoms with Crippen molar-refractivity contribution in [3.8, 4) is 0 Å². The second-order valence-corrected chi connectivity index (χ2v) is 5.31. The maximum atomic E-state index is 5.14. The molecule has 0 saturated carbocycles. The van der Waals surface area contributed by atoms with Crippen LogP contribution < -0.4 is 10.6 Å². The van der Waals surface area contributed by atoms with Crippen LogP contribution in [0.2, 0.25) is 0 Å². The van der Waals surface area contributed by atoms with Crippen LogP contribution >= 0.6 is 0 Å². The third-order valence-corrected chi connectivity index (χ3v) is 2.36. The molecule has 1 atom stereocenters. The molecule has 92 valence electrons. The van der Waals surface area contributed by atoms with Gasteiger partial charge in [-0.25, -0.2) is 0 Å². The topological polar surface area (TPSA) is 33.3 Å². The van der Waals surface area contributed by atoms with Gasteiger partial charge >= 0.3 is 0 Å². The van der Waals surface area contributed by atoms with Gasteiger partial charge in [-0.1, -0.05) is 20.8 Å². The quantitative estimate of drug-likeness (QED) is 0.605. The SMILES string of the molecule is COC(C)CNCCNCCC(C)(C)C. The molecule has 2 N–H and O–H groups in total. The minimum Gasteiger partial charge on any atom is -0.380 e. The first kappa shape index (κ1) is 14.9. The lowest BCUT2D eigenvalue weighted by Crippen LogP contribution is -2.33. The average Bonchev–Trinajstić information content (AvgIpc) is 2.14. The molecule has 0 heterocycles. The highest BCUT2D eigenvalue weighted by Crippen LogP contribution is 2.16. The Kier molecular flexibility index (Phi) is 8.02. The Labute approximate surface area is 95.0 Å². The van der Waals surface area contributed by atoms with Crippen LogP contribution in [0.25, 0.3) is 0 Å². The number of methoxy groups -OCH3 is 1. The molecule has 15 heavy (non-hydrogen) atoms. The molecule has 3 nitrogen and oxygen atoms in total. The number of ether oxygens (including phenoxy) is 1. The summed E-state index contributed by atoms with van der Waals surface area (Å²) in [5.74, 6) is 0. The van der Waals surface area contributed by atoms with Crippen LogP contribution in [0.4, 0.5) is 0 Å². The first-order valence-corrected chi connectivity index (χ1v) is 5.90. The molecule has 0 saturated heterocycles. The van der Waals surface area contributed by atoms with Crippen LogP contribution in [0.3, 0.4) is 0 Å². The highest BCUT2D eigenvalue weighted by molar-refractivity contribution is 4.63. The normalized spacial score (nSPS) is 14.2. The lowest BCUT2D eigenvalue weighted by Gasteiger charge is -2.18. The van der Waals surface area contributed by atoms with E-state index in [4.69, 9.17) is 4.74 Å². The van der Waals surface area contributed by atoms with Crippen molar-refractivity contribution in [2.45, 2.75) is 40.2 Å². The maximum Gasteiger partial charge on any atom is 0.0667 e. The Balaban J connectivity index is 3.12. The van der Waals surface area contributed by atoms with Gasteiger partial charge in [0.15, 0.2) is 0 Å². The summed E-state index contributed by atoms with van der Waals surface area (Å²) in [7, 11) is 1.74. The predicted molar refractivity (Wildman–Crippen MR) is 66.3 cm³/mol. The lowest BCUT2D eigenvalue weighted by molar-refractivity contribution is 0.117. The summed E-state index contributed by atoms with van der Waals surface area (Å²) in [5, 5.41) is 6.78. The fourth-order valence-electron chi connectivity index (χ4n) is 1.15. The van der Waals surface area contributed by atoms with Crippen molar-refractivity contribution in [1.29, 1.82) is 0 Å². The zero-order valence-corrected chi connectivity index (χ0v) is 11.0. The van der Waals surface area contributed by atoms with Crippen LogP contribution in [0.5, 0.6) is 0 Å². The number of hydrogen-bond acceptors (Lipinski definition) is 3. The van der Waals surface area contributed by atoms with E-state index < -0.39 is 0 Å². The van der Waals surface area contributed by atoms with Crippen LogP contribution in [0.15, 0.2) is 0 Å².